The van der Waals surface area contributed by atoms with Crippen molar-refractivity contribution in [3.05, 3.63) is 24.3 Å². The number of benzene rings is 1. The minimum absolute atomic E-state index is 0.0197. The van der Waals surface area contributed by atoms with E-state index in [0.717, 1.165) is 25.7 Å². The van der Waals surface area contributed by atoms with E-state index in [1.165, 1.54) is 31.2 Å². The Balaban J connectivity index is 1.59. The molecule has 1 saturated carbocycles. The lowest BCUT2D eigenvalue weighted by atomic mass is 9.81. The summed E-state index contributed by atoms with van der Waals surface area (Å²) in [6, 6.07) is 5.76. The Kier molecular flexibility index (Phi) is 7.49. The number of carbonyl (C=O) groups excluding carboxylic acids is 3. The second kappa shape index (κ2) is 10.1. The molecule has 11 heteroatoms. The predicted molar refractivity (Wildman–Crippen MR) is 118 cm³/mol. The molecule has 0 aromatic heterocycles. The van der Waals surface area contributed by atoms with Gasteiger partial charge in [0.1, 0.15) is 11.4 Å². The van der Waals surface area contributed by atoms with Gasteiger partial charge in [-0.25, -0.2) is 13.2 Å². The van der Waals surface area contributed by atoms with Gasteiger partial charge in [-0.05, 0) is 37.5 Å². The second-order valence-corrected chi connectivity index (χ2v) is 9.70. The minimum Gasteiger partial charge on any atom is -0.454 e. The van der Waals surface area contributed by atoms with Crippen LogP contribution in [0, 0.1) is 0 Å². The van der Waals surface area contributed by atoms with Crippen LogP contribution in [0.5, 0.6) is 0 Å². The molecule has 174 valence electrons. The lowest BCUT2D eigenvalue weighted by Crippen LogP contribution is -2.56. The van der Waals surface area contributed by atoms with Crippen molar-refractivity contribution < 1.29 is 27.5 Å². The zero-order valence-electron chi connectivity index (χ0n) is 18.0. The summed E-state index contributed by atoms with van der Waals surface area (Å²) in [4.78, 5) is 40.6. The number of hydrogen-bond donors (Lipinski definition) is 3. The van der Waals surface area contributed by atoms with E-state index in [2.05, 4.69) is 20.3 Å². The Morgan fingerprint density at radius 3 is 2.53 bits per heavy atom. The summed E-state index contributed by atoms with van der Waals surface area (Å²) < 4.78 is 32.7. The van der Waals surface area contributed by atoms with E-state index in [4.69, 9.17) is 4.74 Å². The van der Waals surface area contributed by atoms with Crippen LogP contribution in [0.25, 0.3) is 0 Å². The van der Waals surface area contributed by atoms with Crippen LogP contribution in [-0.2, 0) is 29.1 Å². The Morgan fingerprint density at radius 1 is 1.12 bits per heavy atom. The molecule has 0 bridgehead atoms. The fourth-order valence-corrected chi connectivity index (χ4v) is 5.05. The van der Waals surface area contributed by atoms with E-state index in [0.29, 0.717) is 31.6 Å². The molecule has 0 unspecified atom stereocenters. The third-order valence-electron chi connectivity index (χ3n) is 5.40. The number of nitrogens with zero attached hydrogens (tertiary/aromatic N) is 1. The molecule has 0 atom stereocenters. The van der Waals surface area contributed by atoms with Crippen LogP contribution >= 0.6 is 0 Å². The first-order valence-corrected chi connectivity index (χ1v) is 12.1. The van der Waals surface area contributed by atoms with E-state index in [1.807, 2.05) is 0 Å². The summed E-state index contributed by atoms with van der Waals surface area (Å²) in [5, 5.41) is 5.23. The molecule has 1 aliphatic heterocycles. The quantitative estimate of drug-likeness (QED) is 0.522. The van der Waals surface area contributed by atoms with Crippen LogP contribution in [0.2, 0.25) is 0 Å². The van der Waals surface area contributed by atoms with Crippen molar-refractivity contribution in [2.75, 3.05) is 18.5 Å². The van der Waals surface area contributed by atoms with Crippen molar-refractivity contribution in [3.8, 4) is 0 Å². The third kappa shape index (κ3) is 6.06. The van der Waals surface area contributed by atoms with E-state index in [1.54, 1.807) is 0 Å². The summed E-state index contributed by atoms with van der Waals surface area (Å²) in [6.45, 7) is 1.38. The monoisotopic (exact) mass is 464 g/mol. The third-order valence-corrected chi connectivity index (χ3v) is 6.78. The van der Waals surface area contributed by atoms with Gasteiger partial charge < -0.3 is 15.4 Å². The highest BCUT2D eigenvalue weighted by atomic mass is 32.2. The Labute approximate surface area is 187 Å². The van der Waals surface area contributed by atoms with Gasteiger partial charge >= 0.3 is 5.97 Å². The number of amidine groups is 1. The van der Waals surface area contributed by atoms with Crippen LogP contribution in [0.3, 0.4) is 0 Å². The van der Waals surface area contributed by atoms with Gasteiger partial charge in [0, 0.05) is 25.6 Å². The normalized spacial score (nSPS) is 17.7. The van der Waals surface area contributed by atoms with Crippen LogP contribution in [0.4, 0.5) is 5.69 Å². The largest absolute Gasteiger partial charge is 0.454 e. The average molecular weight is 465 g/mol. The zero-order chi connectivity index (χ0) is 23.2. The van der Waals surface area contributed by atoms with Gasteiger partial charge in [0.25, 0.3) is 15.9 Å². The number of nitrogens with one attached hydrogen (secondary N) is 3. The summed E-state index contributed by atoms with van der Waals surface area (Å²) in [5.74, 6) is -1.17. The number of ether oxygens (including phenoxy) is 1. The van der Waals surface area contributed by atoms with Crippen LogP contribution < -0.4 is 15.4 Å². The first kappa shape index (κ1) is 23.7. The van der Waals surface area contributed by atoms with E-state index >= 15 is 0 Å². The molecule has 10 nitrogen and oxygen atoms in total. The number of aliphatic imine (C=N–C) groups is 1. The Bertz CT molecular complexity index is 1010. The number of amides is 2. The number of esters is 1. The molecule has 32 heavy (non-hydrogen) atoms. The molecule has 1 aromatic carbocycles. The first-order valence-electron chi connectivity index (χ1n) is 10.6. The SMILES string of the molecule is CC(=O)NC1(C(=O)OCC(=O)Nc2cccc(S(=O)(=O)NC3=NCCC3)c2)CCCCC1. The lowest BCUT2D eigenvalue weighted by Gasteiger charge is -2.35. The highest BCUT2D eigenvalue weighted by molar-refractivity contribution is 7.90. The van der Waals surface area contributed by atoms with Gasteiger partial charge in [0.05, 0.1) is 4.90 Å². The molecule has 2 amide bonds. The van der Waals surface area contributed by atoms with Gasteiger partial charge in [-0.15, -0.1) is 0 Å². The molecule has 2 aliphatic rings. The highest BCUT2D eigenvalue weighted by Crippen LogP contribution is 2.29. The Morgan fingerprint density at radius 2 is 1.88 bits per heavy atom. The maximum atomic E-state index is 12.6. The van der Waals surface area contributed by atoms with Crippen LogP contribution in [-0.4, -0.2) is 50.7 Å². The smallest absolute Gasteiger partial charge is 0.332 e. The molecule has 0 spiro atoms. The van der Waals surface area contributed by atoms with E-state index < -0.39 is 34.0 Å². The van der Waals surface area contributed by atoms with Crippen molar-refractivity contribution in [1.29, 1.82) is 0 Å². The Hall–Kier alpha value is -2.95. The number of carbonyl (C=O) groups is 3. The van der Waals surface area contributed by atoms with Gasteiger partial charge in [0.2, 0.25) is 5.91 Å². The van der Waals surface area contributed by atoms with Crippen molar-refractivity contribution in [2.24, 2.45) is 4.99 Å². The van der Waals surface area contributed by atoms with Crippen molar-refractivity contribution in [2.45, 2.75) is 62.3 Å². The molecule has 3 rings (SSSR count). The summed E-state index contributed by atoms with van der Waals surface area (Å²) >= 11 is 0. The molecular weight excluding hydrogens is 436 g/mol. The molecule has 1 aliphatic carbocycles. The van der Waals surface area contributed by atoms with Crippen molar-refractivity contribution in [3.63, 3.8) is 0 Å². The number of rotatable bonds is 7. The van der Waals surface area contributed by atoms with E-state index in [9.17, 15) is 22.8 Å². The van der Waals surface area contributed by atoms with Gasteiger partial charge in [-0.2, -0.15) is 0 Å². The summed E-state index contributed by atoms with van der Waals surface area (Å²) in [6.07, 6.45) is 4.83. The van der Waals surface area contributed by atoms with E-state index in [-0.39, 0.29) is 16.5 Å². The summed E-state index contributed by atoms with van der Waals surface area (Å²) in [5.41, 5.74) is -0.857. The minimum atomic E-state index is -3.82. The molecule has 3 N–H and O–H groups in total. The average Bonchev–Trinajstić information content (AvgIpc) is 3.24. The molecule has 1 heterocycles. The molecule has 1 fully saturated rings. The summed E-state index contributed by atoms with van der Waals surface area (Å²) in [7, 11) is -3.82. The van der Waals surface area contributed by atoms with Crippen LogP contribution in [0.1, 0.15) is 51.9 Å². The lowest BCUT2D eigenvalue weighted by molar-refractivity contribution is -0.157. The standard InChI is InChI=1S/C21H28N4O6S/c1-15(26)24-21(10-3-2-4-11-21)20(28)31-14-19(27)23-16-7-5-8-17(13-16)32(29,30)25-18-9-6-12-22-18/h5,7-8,13H,2-4,6,9-12,14H2,1H3,(H,22,25)(H,23,27)(H,24,26). The number of anilines is 1. The topological polar surface area (TPSA) is 143 Å². The zero-order valence-corrected chi connectivity index (χ0v) is 18.8. The van der Waals surface area contributed by atoms with Gasteiger partial charge in [-0.1, -0.05) is 25.3 Å². The predicted octanol–water partition coefficient (Wildman–Crippen LogP) is 1.48. The van der Waals surface area contributed by atoms with Crippen molar-refractivity contribution >= 4 is 39.3 Å². The molecular formula is C21H28N4O6S. The van der Waals surface area contributed by atoms with Gasteiger partial charge in [0.15, 0.2) is 6.61 Å². The number of hydrogen-bond acceptors (Lipinski definition) is 7. The molecule has 1 aromatic rings. The maximum Gasteiger partial charge on any atom is 0.332 e. The second-order valence-electron chi connectivity index (χ2n) is 8.01. The number of sulfonamides is 1. The van der Waals surface area contributed by atoms with Gasteiger partial charge in [-0.3, -0.25) is 19.3 Å². The van der Waals surface area contributed by atoms with Crippen LogP contribution in [0.15, 0.2) is 34.2 Å². The maximum absolute atomic E-state index is 12.6. The molecule has 0 radical (unpaired) electrons. The van der Waals surface area contributed by atoms with Crippen molar-refractivity contribution in [1.82, 2.24) is 10.0 Å². The fraction of sp³-hybridized carbons (Fsp3) is 0.524. The highest BCUT2D eigenvalue weighted by Gasteiger charge is 2.42. The molecule has 0 saturated heterocycles. The first-order chi connectivity index (χ1) is 15.2. The fourth-order valence-electron chi connectivity index (χ4n) is 3.92.